The van der Waals surface area contributed by atoms with E-state index in [0.717, 1.165) is 25.1 Å². The van der Waals surface area contributed by atoms with Gasteiger partial charge in [0.25, 0.3) is 5.91 Å². The molecule has 176 valence electrons. The molecule has 0 aliphatic heterocycles. The van der Waals surface area contributed by atoms with Crippen LogP contribution in [-0.2, 0) is 22.4 Å². The molecule has 0 aromatic heterocycles. The Hall–Kier alpha value is -2.90. The number of hydrogen-bond acceptors (Lipinski definition) is 4. The van der Waals surface area contributed by atoms with E-state index in [1.807, 2.05) is 44.2 Å². The molecule has 0 bridgehead atoms. The topological polar surface area (TPSA) is 102 Å². The number of anilines is 1. The molecule has 0 aliphatic rings. The third kappa shape index (κ3) is 7.30. The highest BCUT2D eigenvalue weighted by molar-refractivity contribution is 6.43. The predicted molar refractivity (Wildman–Crippen MR) is 130 cm³/mol. The van der Waals surface area contributed by atoms with Gasteiger partial charge >= 0.3 is 5.97 Å². The molecule has 0 unspecified atom stereocenters. The molecule has 0 saturated carbocycles. The number of aliphatic carboxylic acids is 1. The molecule has 0 aliphatic carbocycles. The number of allylic oxidation sites excluding steroid dienone is 1. The Bertz CT molecular complexity index is 1060. The molecular weight excluding hydrogens is 468 g/mol. The number of halogens is 3. The zero-order valence-corrected chi connectivity index (χ0v) is 19.9. The van der Waals surface area contributed by atoms with Crippen molar-refractivity contribution < 1.29 is 19.1 Å². The summed E-state index contributed by atoms with van der Waals surface area (Å²) in [5.41, 5.74) is 1.54. The monoisotopic (exact) mass is 493 g/mol. The number of aryl methyl sites for hydroxylation is 1. The van der Waals surface area contributed by atoms with Gasteiger partial charge in [-0.15, -0.1) is 0 Å². The van der Waals surface area contributed by atoms with Crippen molar-refractivity contribution in [3.05, 3.63) is 74.7 Å². The lowest BCUT2D eigenvalue weighted by Crippen LogP contribution is -2.27. The summed E-state index contributed by atoms with van der Waals surface area (Å²) in [6.45, 7) is 4.33. The van der Waals surface area contributed by atoms with E-state index in [4.69, 9.17) is 33.7 Å². The fourth-order valence-electron chi connectivity index (χ4n) is 3.26. The lowest BCUT2D eigenvalue weighted by Gasteiger charge is -2.19. The van der Waals surface area contributed by atoms with Crippen molar-refractivity contribution in [1.82, 2.24) is 5.32 Å². The van der Waals surface area contributed by atoms with Crippen LogP contribution < -0.4 is 10.6 Å². The van der Waals surface area contributed by atoms with Crippen LogP contribution in [0.25, 0.3) is 0 Å². The minimum atomic E-state index is -1.18. The van der Waals surface area contributed by atoms with Crippen LogP contribution in [0.1, 0.15) is 31.4 Å². The average Bonchev–Trinajstić information content (AvgIpc) is 2.77. The van der Waals surface area contributed by atoms with Gasteiger partial charge in [-0.1, -0.05) is 67.4 Å². The van der Waals surface area contributed by atoms with Crippen LogP contribution in [0.2, 0.25) is 10.0 Å². The minimum absolute atomic E-state index is 0.0370. The standard InChI is InChI=1S/C24H26Cl2FN3O3/c1-14(2)23(29-10-6-9-15-7-4-3-5-8-15)17(13-28)24(33)30-18-11-16(12-19(31)32)20(25)21(26)22(18)27/h3-5,7-8,11,13-14,28-29H,6,9-10,12H2,1-2H3,(H,30,33)(H,31,32)/b23-17+,28-13?. The highest BCUT2D eigenvalue weighted by atomic mass is 35.5. The smallest absolute Gasteiger partial charge is 0.307 e. The summed E-state index contributed by atoms with van der Waals surface area (Å²) in [4.78, 5) is 24.0. The van der Waals surface area contributed by atoms with E-state index in [-0.39, 0.29) is 27.8 Å². The van der Waals surface area contributed by atoms with Crippen molar-refractivity contribution in [2.24, 2.45) is 5.92 Å². The van der Waals surface area contributed by atoms with Crippen molar-refractivity contribution in [2.45, 2.75) is 33.1 Å². The summed E-state index contributed by atoms with van der Waals surface area (Å²) in [5.74, 6) is -2.98. The van der Waals surface area contributed by atoms with E-state index < -0.39 is 29.1 Å². The summed E-state index contributed by atoms with van der Waals surface area (Å²) in [6.07, 6.45) is 2.08. The SMILES string of the molecule is CC(C)/C(NCCCc1ccccc1)=C(/C=N)C(=O)Nc1cc(CC(=O)O)c(Cl)c(Cl)c1F. The lowest BCUT2D eigenvalue weighted by atomic mass is 10.0. The Labute approximate surface area is 202 Å². The van der Waals surface area contributed by atoms with Gasteiger partial charge in [0, 0.05) is 18.5 Å². The summed E-state index contributed by atoms with van der Waals surface area (Å²) in [6, 6.07) is 11.1. The van der Waals surface area contributed by atoms with Gasteiger partial charge in [-0.05, 0) is 36.0 Å². The normalized spacial score (nSPS) is 11.7. The molecule has 0 saturated heterocycles. The second-order valence-corrected chi connectivity index (χ2v) is 8.45. The first-order chi connectivity index (χ1) is 15.6. The quantitative estimate of drug-likeness (QED) is 0.144. The number of amides is 1. The number of rotatable bonds is 11. The van der Waals surface area contributed by atoms with Crippen molar-refractivity contribution in [1.29, 1.82) is 5.41 Å². The maximum absolute atomic E-state index is 14.6. The van der Waals surface area contributed by atoms with E-state index in [1.165, 1.54) is 5.56 Å². The van der Waals surface area contributed by atoms with E-state index in [9.17, 15) is 14.0 Å². The summed E-state index contributed by atoms with van der Waals surface area (Å²) in [5, 5.41) is 21.7. The summed E-state index contributed by atoms with van der Waals surface area (Å²) in [7, 11) is 0. The molecule has 0 spiro atoms. The molecule has 2 aromatic rings. The molecule has 0 heterocycles. The fourth-order valence-corrected chi connectivity index (χ4v) is 3.69. The van der Waals surface area contributed by atoms with Crippen molar-refractivity contribution >= 4 is 47.0 Å². The second kappa shape index (κ2) is 12.4. The Morgan fingerprint density at radius 2 is 1.85 bits per heavy atom. The van der Waals surface area contributed by atoms with Gasteiger partial charge in [0.05, 0.1) is 27.7 Å². The summed E-state index contributed by atoms with van der Waals surface area (Å²) >= 11 is 11.8. The molecule has 2 rings (SSSR count). The van der Waals surface area contributed by atoms with Crippen LogP contribution in [0, 0.1) is 17.1 Å². The third-order valence-electron chi connectivity index (χ3n) is 4.87. The van der Waals surface area contributed by atoms with E-state index in [2.05, 4.69) is 10.6 Å². The van der Waals surface area contributed by atoms with Gasteiger partial charge in [0.15, 0.2) is 5.82 Å². The van der Waals surface area contributed by atoms with Gasteiger partial charge < -0.3 is 21.1 Å². The van der Waals surface area contributed by atoms with Gasteiger partial charge in [0.2, 0.25) is 0 Å². The highest BCUT2D eigenvalue weighted by Crippen LogP contribution is 2.34. The Kier molecular flexibility index (Phi) is 9.88. The maximum Gasteiger partial charge on any atom is 0.307 e. The van der Waals surface area contributed by atoms with Gasteiger partial charge in [-0.3, -0.25) is 9.59 Å². The van der Waals surface area contributed by atoms with E-state index in [0.29, 0.717) is 12.2 Å². The largest absolute Gasteiger partial charge is 0.481 e. The number of carboxylic acid groups (broad SMARTS) is 1. The van der Waals surface area contributed by atoms with Crippen LogP contribution in [0.15, 0.2) is 47.7 Å². The van der Waals surface area contributed by atoms with Crippen LogP contribution >= 0.6 is 23.2 Å². The minimum Gasteiger partial charge on any atom is -0.481 e. The predicted octanol–water partition coefficient (Wildman–Crippen LogP) is 5.48. The molecule has 0 fully saturated rings. The van der Waals surface area contributed by atoms with Crippen molar-refractivity contribution in [3.8, 4) is 0 Å². The molecule has 0 radical (unpaired) electrons. The van der Waals surface area contributed by atoms with Crippen molar-refractivity contribution in [2.75, 3.05) is 11.9 Å². The van der Waals surface area contributed by atoms with E-state index >= 15 is 0 Å². The molecule has 0 atom stereocenters. The molecule has 2 aromatic carbocycles. The van der Waals surface area contributed by atoms with Crippen LogP contribution in [-0.4, -0.2) is 29.7 Å². The first-order valence-electron chi connectivity index (χ1n) is 10.4. The number of nitrogens with one attached hydrogen (secondary N) is 3. The van der Waals surface area contributed by atoms with Crippen molar-refractivity contribution in [3.63, 3.8) is 0 Å². The molecule has 4 N–H and O–H groups in total. The van der Waals surface area contributed by atoms with Gasteiger partial charge in [-0.25, -0.2) is 4.39 Å². The first kappa shape index (κ1) is 26.4. The number of carbonyl (C=O) groups is 2. The van der Waals surface area contributed by atoms with E-state index in [1.54, 1.807) is 0 Å². The number of carboxylic acids is 1. The Morgan fingerprint density at radius 1 is 1.18 bits per heavy atom. The number of benzene rings is 2. The summed E-state index contributed by atoms with van der Waals surface area (Å²) < 4.78 is 14.6. The Morgan fingerprint density at radius 3 is 2.42 bits per heavy atom. The molecule has 33 heavy (non-hydrogen) atoms. The third-order valence-corrected chi connectivity index (χ3v) is 5.75. The maximum atomic E-state index is 14.6. The van der Waals surface area contributed by atoms with Crippen LogP contribution in [0.3, 0.4) is 0 Å². The zero-order chi connectivity index (χ0) is 24.5. The number of carbonyl (C=O) groups excluding carboxylic acids is 1. The van der Waals surface area contributed by atoms with Gasteiger partial charge in [-0.2, -0.15) is 0 Å². The molecular formula is C24H26Cl2FN3O3. The first-order valence-corrected chi connectivity index (χ1v) is 11.1. The fraction of sp³-hybridized carbons (Fsp3) is 0.292. The zero-order valence-electron chi connectivity index (χ0n) is 18.3. The average molecular weight is 494 g/mol. The van der Waals surface area contributed by atoms with Crippen LogP contribution in [0.4, 0.5) is 10.1 Å². The molecule has 1 amide bonds. The number of hydrogen-bond donors (Lipinski definition) is 4. The molecule has 6 nitrogen and oxygen atoms in total. The van der Waals surface area contributed by atoms with Gasteiger partial charge in [0.1, 0.15) is 0 Å². The second-order valence-electron chi connectivity index (χ2n) is 7.69. The molecule has 9 heteroatoms. The Balaban J connectivity index is 2.21. The highest BCUT2D eigenvalue weighted by Gasteiger charge is 2.21. The lowest BCUT2D eigenvalue weighted by molar-refractivity contribution is -0.136. The van der Waals surface area contributed by atoms with Crippen LogP contribution in [0.5, 0.6) is 0 Å².